The van der Waals surface area contributed by atoms with Gasteiger partial charge in [0.2, 0.25) is 10.0 Å². The lowest BCUT2D eigenvalue weighted by Crippen LogP contribution is -2.30. The summed E-state index contributed by atoms with van der Waals surface area (Å²) in [5, 5.41) is 0. The van der Waals surface area contributed by atoms with Gasteiger partial charge in [0.1, 0.15) is 5.52 Å². The minimum Gasteiger partial charge on any atom is -0.408 e. The van der Waals surface area contributed by atoms with E-state index in [9.17, 15) is 13.2 Å². The van der Waals surface area contributed by atoms with Gasteiger partial charge >= 0.3 is 5.76 Å². The Labute approximate surface area is 110 Å². The normalized spacial score (nSPS) is 12.4. The van der Waals surface area contributed by atoms with E-state index in [-0.39, 0.29) is 22.2 Å². The molecule has 3 N–H and O–H groups in total. The lowest BCUT2D eigenvalue weighted by molar-refractivity contribution is 0.527. The topological polar surface area (TPSA) is 107 Å². The van der Waals surface area contributed by atoms with Gasteiger partial charge in [0.05, 0.1) is 10.6 Å². The number of hydrogen-bond acceptors (Lipinski definition) is 5. The summed E-state index contributed by atoms with van der Waals surface area (Å²) < 4.78 is 32.7. The zero-order chi connectivity index (χ0) is 14.4. The third kappa shape index (κ3) is 2.36. The van der Waals surface area contributed by atoms with Crippen LogP contribution in [0.4, 0.5) is 5.69 Å². The maximum Gasteiger partial charge on any atom is 0.419 e. The molecule has 0 fully saturated rings. The Bertz CT molecular complexity index is 786. The van der Waals surface area contributed by atoms with Gasteiger partial charge in [-0.2, -0.15) is 0 Å². The Balaban J connectivity index is 2.68. The second-order valence-electron chi connectivity index (χ2n) is 4.56. The zero-order valence-electron chi connectivity index (χ0n) is 10.8. The molecule has 0 atom stereocenters. The number of benzene rings is 1. The lowest BCUT2D eigenvalue weighted by Gasteiger charge is -2.10. The Kier molecular flexibility index (Phi) is 3.15. The van der Waals surface area contributed by atoms with Crippen LogP contribution in [0.5, 0.6) is 0 Å². The number of aromatic nitrogens is 1. The first-order valence-electron chi connectivity index (χ1n) is 5.64. The van der Waals surface area contributed by atoms with Gasteiger partial charge < -0.3 is 10.2 Å². The largest absolute Gasteiger partial charge is 0.419 e. The number of oxazole rings is 1. The van der Waals surface area contributed by atoms with Gasteiger partial charge in [0, 0.05) is 19.2 Å². The molecule has 7 nitrogen and oxygen atoms in total. The number of rotatable bonds is 3. The van der Waals surface area contributed by atoms with Crippen molar-refractivity contribution < 1.29 is 12.8 Å². The summed E-state index contributed by atoms with van der Waals surface area (Å²) in [5.74, 6) is -0.590. The zero-order valence-corrected chi connectivity index (χ0v) is 11.6. The van der Waals surface area contributed by atoms with Crippen LogP contribution in [-0.4, -0.2) is 19.0 Å². The van der Waals surface area contributed by atoms with E-state index in [1.54, 1.807) is 13.8 Å². The molecule has 1 heterocycles. The molecule has 0 spiro atoms. The van der Waals surface area contributed by atoms with E-state index < -0.39 is 15.8 Å². The van der Waals surface area contributed by atoms with Crippen LogP contribution in [0, 0.1) is 0 Å². The molecular formula is C11H15N3O4S. The number of nitrogens with two attached hydrogens (primary N) is 1. The van der Waals surface area contributed by atoms with Crippen molar-refractivity contribution in [1.82, 2.24) is 9.29 Å². The quantitative estimate of drug-likeness (QED) is 0.794. The second kappa shape index (κ2) is 4.39. The highest BCUT2D eigenvalue weighted by Gasteiger charge is 2.19. The number of nitrogens with zero attached hydrogens (tertiary/aromatic N) is 1. The van der Waals surface area contributed by atoms with Gasteiger partial charge in [-0.25, -0.2) is 17.9 Å². The predicted molar refractivity (Wildman–Crippen MR) is 71.3 cm³/mol. The number of nitrogen functional groups attached to an aromatic ring is 1. The molecule has 0 aliphatic carbocycles. The average Bonchev–Trinajstić information content (AvgIpc) is 2.53. The van der Waals surface area contributed by atoms with Crippen molar-refractivity contribution in [3.8, 4) is 0 Å². The fraction of sp³-hybridized carbons (Fsp3) is 0.364. The van der Waals surface area contributed by atoms with Gasteiger partial charge in [-0.1, -0.05) is 0 Å². The van der Waals surface area contributed by atoms with Crippen molar-refractivity contribution in [3.63, 3.8) is 0 Å². The van der Waals surface area contributed by atoms with Crippen LogP contribution in [-0.2, 0) is 17.1 Å². The summed E-state index contributed by atoms with van der Waals surface area (Å²) in [6.07, 6.45) is 0. The van der Waals surface area contributed by atoms with Crippen LogP contribution in [0.3, 0.4) is 0 Å². The lowest BCUT2D eigenvalue weighted by atomic mass is 10.3. The maximum absolute atomic E-state index is 12.0. The van der Waals surface area contributed by atoms with E-state index in [4.69, 9.17) is 10.2 Å². The molecule has 1 aromatic carbocycles. The second-order valence-corrected chi connectivity index (χ2v) is 6.28. The van der Waals surface area contributed by atoms with Crippen molar-refractivity contribution in [2.24, 2.45) is 7.05 Å². The molecule has 0 unspecified atom stereocenters. The first-order chi connectivity index (χ1) is 8.72. The summed E-state index contributed by atoms with van der Waals surface area (Å²) >= 11 is 0. The monoisotopic (exact) mass is 285 g/mol. The van der Waals surface area contributed by atoms with Gasteiger partial charge in [0.25, 0.3) is 0 Å². The summed E-state index contributed by atoms with van der Waals surface area (Å²) in [7, 11) is -2.17. The van der Waals surface area contributed by atoms with E-state index >= 15 is 0 Å². The molecule has 0 aliphatic rings. The molecule has 104 valence electrons. The number of hydrogen-bond donors (Lipinski definition) is 2. The first-order valence-corrected chi connectivity index (χ1v) is 7.12. The fourth-order valence-electron chi connectivity index (χ4n) is 1.83. The van der Waals surface area contributed by atoms with Crippen molar-refractivity contribution in [3.05, 3.63) is 22.7 Å². The average molecular weight is 285 g/mol. The molecule has 8 heteroatoms. The SMILES string of the molecule is CC(C)NS(=O)(=O)c1cc(N)c2c(c1)oc(=O)n2C. The number of anilines is 1. The molecule has 0 radical (unpaired) electrons. The van der Waals surface area contributed by atoms with Crippen molar-refractivity contribution in [1.29, 1.82) is 0 Å². The molecule has 2 rings (SSSR count). The van der Waals surface area contributed by atoms with E-state index in [1.165, 1.54) is 23.7 Å². The summed E-state index contributed by atoms with van der Waals surface area (Å²) in [4.78, 5) is 11.4. The highest BCUT2D eigenvalue weighted by Crippen LogP contribution is 2.24. The molecule has 0 aliphatic heterocycles. The summed E-state index contributed by atoms with van der Waals surface area (Å²) in [6, 6.07) is 2.35. The molecule has 1 aromatic heterocycles. The Morgan fingerprint density at radius 3 is 2.58 bits per heavy atom. The van der Waals surface area contributed by atoms with Gasteiger partial charge in [0.15, 0.2) is 5.58 Å². The highest BCUT2D eigenvalue weighted by atomic mass is 32.2. The van der Waals surface area contributed by atoms with Crippen LogP contribution < -0.4 is 16.2 Å². The van der Waals surface area contributed by atoms with Crippen molar-refractivity contribution in [2.75, 3.05) is 5.73 Å². The first kappa shape index (κ1) is 13.6. The molecular weight excluding hydrogens is 270 g/mol. The number of fused-ring (bicyclic) bond motifs is 1. The van der Waals surface area contributed by atoms with Crippen LogP contribution in [0.2, 0.25) is 0 Å². The third-order valence-corrected chi connectivity index (χ3v) is 4.22. The summed E-state index contributed by atoms with van der Waals surface area (Å²) in [6.45, 7) is 3.42. The number of aryl methyl sites for hydroxylation is 1. The summed E-state index contributed by atoms with van der Waals surface area (Å²) in [5.41, 5.74) is 6.50. The molecule has 19 heavy (non-hydrogen) atoms. The smallest absolute Gasteiger partial charge is 0.408 e. The Morgan fingerprint density at radius 2 is 2.00 bits per heavy atom. The maximum atomic E-state index is 12.0. The van der Waals surface area contributed by atoms with Crippen molar-refractivity contribution >= 4 is 26.8 Å². The van der Waals surface area contributed by atoms with Gasteiger partial charge in [-0.3, -0.25) is 4.57 Å². The Morgan fingerprint density at radius 1 is 1.37 bits per heavy atom. The molecule has 0 amide bonds. The Hall–Kier alpha value is -1.80. The van der Waals surface area contributed by atoms with E-state index in [2.05, 4.69) is 4.72 Å². The highest BCUT2D eigenvalue weighted by molar-refractivity contribution is 7.89. The standard InChI is InChI=1S/C11H15N3O4S/c1-6(2)13-19(16,17)7-4-8(12)10-9(5-7)18-11(15)14(10)3/h4-6,13H,12H2,1-3H3. The van der Waals surface area contributed by atoms with Crippen LogP contribution >= 0.6 is 0 Å². The van der Waals surface area contributed by atoms with Crippen molar-refractivity contribution in [2.45, 2.75) is 24.8 Å². The molecule has 0 saturated carbocycles. The third-order valence-electron chi connectivity index (χ3n) is 2.59. The predicted octanol–water partition coefficient (Wildman–Crippen LogP) is 0.400. The van der Waals surface area contributed by atoms with Gasteiger partial charge in [-0.05, 0) is 19.9 Å². The molecule has 0 bridgehead atoms. The number of sulfonamides is 1. The molecule has 2 aromatic rings. The van der Waals surface area contributed by atoms with E-state index in [1.807, 2.05) is 0 Å². The van der Waals surface area contributed by atoms with E-state index in [0.29, 0.717) is 5.52 Å². The van der Waals surface area contributed by atoms with Gasteiger partial charge in [-0.15, -0.1) is 0 Å². The number of nitrogens with one attached hydrogen (secondary N) is 1. The van der Waals surface area contributed by atoms with Crippen LogP contribution in [0.15, 0.2) is 26.2 Å². The molecule has 0 saturated heterocycles. The minimum atomic E-state index is -3.68. The van der Waals surface area contributed by atoms with E-state index in [0.717, 1.165) is 0 Å². The van der Waals surface area contributed by atoms with Crippen LogP contribution in [0.1, 0.15) is 13.8 Å². The van der Waals surface area contributed by atoms with Crippen LogP contribution in [0.25, 0.3) is 11.1 Å². The minimum absolute atomic E-state index is 0.0273. The fourth-order valence-corrected chi connectivity index (χ4v) is 3.13.